The van der Waals surface area contributed by atoms with Gasteiger partial charge in [0.2, 0.25) is 5.89 Å². The number of nitrogens with zero attached hydrogens (tertiary/aromatic N) is 2. The van der Waals surface area contributed by atoms with Crippen molar-refractivity contribution in [1.82, 2.24) is 4.98 Å². The Hall–Kier alpha value is -2.61. The molecule has 0 aliphatic rings. The molecule has 0 unspecified atom stereocenters. The molecule has 0 fully saturated rings. The standard InChI is InChI=1S/C12H8N2O3/c1-16-12(15)9-4-2-3-8(10(9)7-13)11-14-5-6-17-11/h2-6H,1H3. The van der Waals surface area contributed by atoms with Gasteiger partial charge in [-0.1, -0.05) is 6.07 Å². The Labute approximate surface area is 97.3 Å². The van der Waals surface area contributed by atoms with E-state index in [4.69, 9.17) is 9.68 Å². The highest BCUT2D eigenvalue weighted by Gasteiger charge is 2.17. The highest BCUT2D eigenvalue weighted by atomic mass is 16.5. The van der Waals surface area contributed by atoms with Crippen molar-refractivity contribution in [2.24, 2.45) is 0 Å². The first-order valence-corrected chi connectivity index (χ1v) is 4.79. The maximum absolute atomic E-state index is 11.5. The van der Waals surface area contributed by atoms with Crippen molar-refractivity contribution in [3.05, 3.63) is 41.8 Å². The van der Waals surface area contributed by atoms with Gasteiger partial charge in [-0.15, -0.1) is 0 Å². The number of oxazole rings is 1. The smallest absolute Gasteiger partial charge is 0.339 e. The number of rotatable bonds is 2. The van der Waals surface area contributed by atoms with E-state index < -0.39 is 5.97 Å². The molecule has 0 N–H and O–H groups in total. The van der Waals surface area contributed by atoms with Crippen LogP contribution in [0.15, 0.2) is 35.1 Å². The van der Waals surface area contributed by atoms with Crippen molar-refractivity contribution >= 4 is 5.97 Å². The molecule has 0 radical (unpaired) electrons. The van der Waals surface area contributed by atoms with Crippen LogP contribution in [0.4, 0.5) is 0 Å². The van der Waals surface area contributed by atoms with Crippen molar-refractivity contribution in [2.75, 3.05) is 7.11 Å². The first kappa shape index (κ1) is 10.9. The summed E-state index contributed by atoms with van der Waals surface area (Å²) < 4.78 is 9.73. The monoisotopic (exact) mass is 228 g/mol. The Morgan fingerprint density at radius 1 is 1.53 bits per heavy atom. The zero-order chi connectivity index (χ0) is 12.3. The summed E-state index contributed by atoms with van der Waals surface area (Å²) in [5.74, 6) is -0.262. The van der Waals surface area contributed by atoms with Crippen LogP contribution in [0.3, 0.4) is 0 Å². The summed E-state index contributed by atoms with van der Waals surface area (Å²) >= 11 is 0. The van der Waals surface area contributed by atoms with E-state index in [-0.39, 0.29) is 11.1 Å². The number of ether oxygens (including phenoxy) is 1. The van der Waals surface area contributed by atoms with Gasteiger partial charge in [0.25, 0.3) is 0 Å². The summed E-state index contributed by atoms with van der Waals surface area (Å²) in [6.45, 7) is 0. The minimum Gasteiger partial charge on any atom is -0.465 e. The van der Waals surface area contributed by atoms with Gasteiger partial charge in [0.15, 0.2) is 0 Å². The van der Waals surface area contributed by atoms with E-state index >= 15 is 0 Å². The second-order valence-electron chi connectivity index (χ2n) is 3.17. The van der Waals surface area contributed by atoms with Crippen LogP contribution in [0.2, 0.25) is 0 Å². The largest absolute Gasteiger partial charge is 0.465 e. The summed E-state index contributed by atoms with van der Waals surface area (Å²) in [5, 5.41) is 9.12. The van der Waals surface area contributed by atoms with Crippen LogP contribution in [-0.4, -0.2) is 18.1 Å². The highest BCUT2D eigenvalue weighted by molar-refractivity contribution is 5.94. The van der Waals surface area contributed by atoms with Crippen LogP contribution in [0, 0.1) is 11.3 Å². The molecule has 5 nitrogen and oxygen atoms in total. The van der Waals surface area contributed by atoms with Crippen LogP contribution in [0.25, 0.3) is 11.5 Å². The molecule has 0 saturated heterocycles. The van der Waals surface area contributed by atoms with E-state index in [2.05, 4.69) is 9.72 Å². The molecule has 1 heterocycles. The molecule has 2 aromatic rings. The molecule has 0 bridgehead atoms. The quantitative estimate of drug-likeness (QED) is 0.734. The van der Waals surface area contributed by atoms with Gasteiger partial charge >= 0.3 is 5.97 Å². The number of esters is 1. The number of nitriles is 1. The maximum atomic E-state index is 11.5. The Morgan fingerprint density at radius 2 is 2.35 bits per heavy atom. The van der Waals surface area contributed by atoms with Crippen LogP contribution in [0.1, 0.15) is 15.9 Å². The summed E-state index contributed by atoms with van der Waals surface area (Å²) in [6, 6.07) is 6.80. The van der Waals surface area contributed by atoms with E-state index in [1.807, 2.05) is 6.07 Å². The van der Waals surface area contributed by atoms with Gasteiger partial charge in [-0.25, -0.2) is 9.78 Å². The highest BCUT2D eigenvalue weighted by Crippen LogP contribution is 2.24. The topological polar surface area (TPSA) is 76.1 Å². The second-order valence-corrected chi connectivity index (χ2v) is 3.17. The van der Waals surface area contributed by atoms with Gasteiger partial charge in [0.1, 0.15) is 12.3 Å². The Balaban J connectivity index is 2.63. The van der Waals surface area contributed by atoms with Crippen LogP contribution >= 0.6 is 0 Å². The second kappa shape index (κ2) is 4.49. The predicted molar refractivity (Wildman–Crippen MR) is 58.0 cm³/mol. The first-order chi connectivity index (χ1) is 8.27. The lowest BCUT2D eigenvalue weighted by Crippen LogP contribution is -2.05. The molecule has 0 aliphatic carbocycles. The fourth-order valence-corrected chi connectivity index (χ4v) is 1.49. The van der Waals surface area contributed by atoms with Gasteiger partial charge in [0, 0.05) is 0 Å². The third kappa shape index (κ3) is 1.88. The normalized spacial score (nSPS) is 9.65. The molecule has 5 heteroatoms. The zero-order valence-electron chi connectivity index (χ0n) is 9.01. The summed E-state index contributed by atoms with van der Waals surface area (Å²) in [5.41, 5.74) is 0.868. The lowest BCUT2D eigenvalue weighted by molar-refractivity contribution is 0.0600. The fraction of sp³-hybridized carbons (Fsp3) is 0.0833. The number of carbonyl (C=O) groups is 1. The first-order valence-electron chi connectivity index (χ1n) is 4.79. The van der Waals surface area contributed by atoms with Crippen molar-refractivity contribution in [3.8, 4) is 17.5 Å². The van der Waals surface area contributed by atoms with Gasteiger partial charge < -0.3 is 9.15 Å². The number of aromatic nitrogens is 1. The number of hydrogen-bond acceptors (Lipinski definition) is 5. The Kier molecular flexibility index (Phi) is 2.88. The molecule has 0 aliphatic heterocycles. The van der Waals surface area contributed by atoms with Gasteiger partial charge in [-0.3, -0.25) is 0 Å². The molecule has 2 rings (SSSR count). The Morgan fingerprint density at radius 3 is 2.94 bits per heavy atom. The zero-order valence-corrected chi connectivity index (χ0v) is 9.01. The minimum absolute atomic E-state index is 0.196. The number of carbonyl (C=O) groups excluding carboxylic acids is 1. The predicted octanol–water partition coefficient (Wildman–Crippen LogP) is 2.00. The molecular weight excluding hydrogens is 220 g/mol. The molecular formula is C12H8N2O3. The van der Waals surface area contributed by atoms with Crippen molar-refractivity contribution < 1.29 is 13.9 Å². The third-order valence-corrected chi connectivity index (χ3v) is 2.24. The van der Waals surface area contributed by atoms with Gasteiger partial charge in [-0.2, -0.15) is 5.26 Å². The molecule has 0 spiro atoms. The van der Waals surface area contributed by atoms with Crippen LogP contribution in [-0.2, 0) is 4.74 Å². The minimum atomic E-state index is -0.560. The van der Waals surface area contributed by atoms with Crippen molar-refractivity contribution in [1.29, 1.82) is 5.26 Å². The van der Waals surface area contributed by atoms with E-state index in [1.54, 1.807) is 12.1 Å². The average Bonchev–Trinajstić information content (AvgIpc) is 2.90. The summed E-state index contributed by atoms with van der Waals surface area (Å²) in [6.07, 6.45) is 2.88. The van der Waals surface area contributed by atoms with Crippen molar-refractivity contribution in [3.63, 3.8) is 0 Å². The molecule has 17 heavy (non-hydrogen) atoms. The third-order valence-electron chi connectivity index (χ3n) is 2.24. The molecule has 1 aromatic heterocycles. The molecule has 0 atom stereocenters. The molecule has 0 amide bonds. The molecule has 1 aromatic carbocycles. The summed E-state index contributed by atoms with van der Waals surface area (Å²) in [4.78, 5) is 15.4. The van der Waals surface area contributed by atoms with Crippen molar-refractivity contribution in [2.45, 2.75) is 0 Å². The van der Waals surface area contributed by atoms with Gasteiger partial charge in [0.05, 0.1) is 30.0 Å². The SMILES string of the molecule is COC(=O)c1cccc(-c2ncco2)c1C#N. The van der Waals surface area contributed by atoms with E-state index in [1.165, 1.54) is 25.6 Å². The van der Waals surface area contributed by atoms with Crippen LogP contribution in [0.5, 0.6) is 0 Å². The Bertz CT molecular complexity index is 582. The molecule has 0 saturated carbocycles. The van der Waals surface area contributed by atoms with Crippen LogP contribution < -0.4 is 0 Å². The maximum Gasteiger partial charge on any atom is 0.339 e. The average molecular weight is 228 g/mol. The number of benzene rings is 1. The lowest BCUT2D eigenvalue weighted by Gasteiger charge is -2.04. The number of methoxy groups -OCH3 is 1. The van der Waals surface area contributed by atoms with E-state index in [0.29, 0.717) is 11.5 Å². The van der Waals surface area contributed by atoms with E-state index in [0.717, 1.165) is 0 Å². The number of hydrogen-bond donors (Lipinski definition) is 0. The lowest BCUT2D eigenvalue weighted by atomic mass is 10.0. The fourth-order valence-electron chi connectivity index (χ4n) is 1.49. The van der Waals surface area contributed by atoms with Gasteiger partial charge in [-0.05, 0) is 12.1 Å². The molecule has 84 valence electrons. The summed E-state index contributed by atoms with van der Waals surface area (Å²) in [7, 11) is 1.27. The van der Waals surface area contributed by atoms with E-state index in [9.17, 15) is 4.79 Å².